The second kappa shape index (κ2) is 32.6. The van der Waals surface area contributed by atoms with E-state index in [9.17, 15) is 0 Å². The highest BCUT2D eigenvalue weighted by Gasteiger charge is 2.25. The lowest BCUT2D eigenvalue weighted by atomic mass is 9.83. The molecule has 0 bridgehead atoms. The summed E-state index contributed by atoms with van der Waals surface area (Å²) in [6.45, 7) is 0. The van der Waals surface area contributed by atoms with Gasteiger partial charge < -0.3 is 0 Å². The molecule has 0 saturated heterocycles. The Morgan fingerprint density at radius 2 is 0.288 bits per heavy atom. The van der Waals surface area contributed by atoms with Gasteiger partial charge in [0.05, 0.1) is 0 Å². The summed E-state index contributed by atoms with van der Waals surface area (Å²) in [4.78, 5) is 0. The molecule has 0 aliphatic heterocycles. The van der Waals surface area contributed by atoms with Crippen molar-refractivity contribution in [1.82, 2.24) is 0 Å². The van der Waals surface area contributed by atoms with Gasteiger partial charge in [-0.2, -0.15) is 0 Å². The van der Waals surface area contributed by atoms with Crippen LogP contribution < -0.4 is 0 Å². The van der Waals surface area contributed by atoms with E-state index in [0.29, 0.717) is 0 Å². The van der Waals surface area contributed by atoms with Crippen LogP contribution in [0.4, 0.5) is 0 Å². The van der Waals surface area contributed by atoms with Gasteiger partial charge in [0.15, 0.2) is 0 Å². The summed E-state index contributed by atoms with van der Waals surface area (Å²) >= 11 is 0. The fraction of sp³-hybridized carbons (Fsp3) is 0. The first-order valence-electron chi connectivity index (χ1n) is 45.8. The van der Waals surface area contributed by atoms with Gasteiger partial charge in [-0.25, -0.2) is 0 Å². The van der Waals surface area contributed by atoms with Crippen LogP contribution >= 0.6 is 0 Å². The van der Waals surface area contributed by atoms with E-state index in [4.69, 9.17) is 0 Å². The second-order valence-corrected chi connectivity index (χ2v) is 35.0. The van der Waals surface area contributed by atoms with Crippen molar-refractivity contribution < 1.29 is 0 Å². The van der Waals surface area contributed by atoms with E-state index in [0.717, 1.165) is 0 Å². The zero-order chi connectivity index (χ0) is 87.1. The lowest BCUT2D eigenvalue weighted by Crippen LogP contribution is -1.93. The van der Waals surface area contributed by atoms with Gasteiger partial charge in [-0.15, -0.1) is 0 Å². The Labute approximate surface area is 765 Å². The van der Waals surface area contributed by atoms with Crippen LogP contribution in [0.25, 0.3) is 262 Å². The lowest BCUT2D eigenvalue weighted by Gasteiger charge is -2.20. The van der Waals surface area contributed by atoms with E-state index in [-0.39, 0.29) is 0 Å². The first-order valence-corrected chi connectivity index (χ1v) is 45.8. The summed E-state index contributed by atoms with van der Waals surface area (Å²) in [5.74, 6) is 0. The number of hydrogen-bond donors (Lipinski definition) is 0. The molecule has 0 radical (unpaired) electrons. The van der Waals surface area contributed by atoms with E-state index in [2.05, 4.69) is 510 Å². The Kier molecular flexibility index (Phi) is 19.1. The van der Waals surface area contributed by atoms with Crippen molar-refractivity contribution in [1.29, 1.82) is 0 Å². The molecule has 0 N–H and O–H groups in total. The molecule has 0 atom stereocenters. The first-order chi connectivity index (χ1) is 65.5. The highest BCUT2D eigenvalue weighted by atomic mass is 14.3. The molecule has 0 aromatic heterocycles. The molecule has 0 nitrogen and oxygen atoms in total. The molecule has 27 aromatic carbocycles. The van der Waals surface area contributed by atoms with E-state index in [1.54, 1.807) is 0 Å². The summed E-state index contributed by atoms with van der Waals surface area (Å²) < 4.78 is 0. The third kappa shape index (κ3) is 13.3. The number of benzene rings is 27. The van der Waals surface area contributed by atoms with Crippen molar-refractivity contribution in [3.63, 3.8) is 0 Å². The minimum absolute atomic E-state index is 1.23. The van der Waals surface area contributed by atoms with Crippen LogP contribution in [0.5, 0.6) is 0 Å². The smallest absolute Gasteiger partial charge is 0.00199 e. The molecule has 27 aromatic rings. The van der Waals surface area contributed by atoms with E-state index < -0.39 is 0 Å². The van der Waals surface area contributed by atoms with Crippen LogP contribution in [-0.2, 0) is 0 Å². The SMILES string of the molecule is c1ccc(-c2ccc3cccc(-c4c5ccccc5c(-c5cc6ccccc6c6ccccc56)c5ccccc45)c3c2)cc1.c1ccc(-c2ccc3cccc(-c4c5ccccc5c(-c5ccc6c(ccc7ccccc76)c5)c5ccccc45)c3c2)cc1.c1ccc(-c2ccc3cccc(-c4c5ccccc5c(-c5ccc6ccc7ccccc7c6c5)c5ccccc45)c3c2)cc1. The predicted octanol–water partition coefficient (Wildman–Crippen LogP) is 37.4. The van der Waals surface area contributed by atoms with Crippen molar-refractivity contribution in [3.8, 4) is 100 Å². The zero-order valence-electron chi connectivity index (χ0n) is 72.5. The van der Waals surface area contributed by atoms with Crippen LogP contribution in [-0.4, -0.2) is 0 Å². The maximum atomic E-state index is 2.40. The molecular formula is C132H84. The molecular weight excluding hydrogens is 1590 g/mol. The topological polar surface area (TPSA) is 0 Å². The molecule has 0 unspecified atom stereocenters. The molecule has 612 valence electrons. The molecule has 0 aliphatic carbocycles. The summed E-state index contributed by atoms with van der Waals surface area (Å²) in [5, 5.41) is 38.3. The van der Waals surface area contributed by atoms with Gasteiger partial charge in [0.1, 0.15) is 0 Å². The van der Waals surface area contributed by atoms with E-state index >= 15 is 0 Å². The fourth-order valence-electron chi connectivity index (χ4n) is 21.7. The highest BCUT2D eigenvalue weighted by Crippen LogP contribution is 2.52. The maximum Gasteiger partial charge on any atom is -0.00199 e. The summed E-state index contributed by atoms with van der Waals surface area (Å²) in [6, 6.07) is 187. The third-order valence-corrected chi connectivity index (χ3v) is 27.7. The molecule has 27 rings (SSSR count). The number of fused-ring (bicyclic) bond motifs is 18. The molecule has 132 heavy (non-hydrogen) atoms. The highest BCUT2D eigenvalue weighted by molar-refractivity contribution is 6.30. The molecule has 0 heterocycles. The van der Waals surface area contributed by atoms with Crippen LogP contribution in [0.15, 0.2) is 510 Å². The monoisotopic (exact) mass is 1670 g/mol. The van der Waals surface area contributed by atoms with Crippen LogP contribution in [0.2, 0.25) is 0 Å². The van der Waals surface area contributed by atoms with Crippen LogP contribution in [0.1, 0.15) is 0 Å². The normalized spacial score (nSPS) is 11.6. The van der Waals surface area contributed by atoms with E-state index in [1.807, 2.05) is 0 Å². The number of hydrogen-bond acceptors (Lipinski definition) is 0. The van der Waals surface area contributed by atoms with Gasteiger partial charge in [0.25, 0.3) is 0 Å². The van der Waals surface area contributed by atoms with Gasteiger partial charge in [0, 0.05) is 0 Å². The van der Waals surface area contributed by atoms with E-state index in [1.165, 1.54) is 262 Å². The molecule has 0 aliphatic rings. The Hall–Kier alpha value is -17.2. The van der Waals surface area contributed by atoms with Gasteiger partial charge in [-0.3, -0.25) is 0 Å². The zero-order valence-corrected chi connectivity index (χ0v) is 72.5. The largest absolute Gasteiger partial charge is 0.0622 e. The van der Waals surface area contributed by atoms with Gasteiger partial charge in [-0.05, 0) is 298 Å². The van der Waals surface area contributed by atoms with Crippen molar-refractivity contribution in [2.24, 2.45) is 0 Å². The summed E-state index contributed by atoms with van der Waals surface area (Å²) in [6.07, 6.45) is 0. The summed E-state index contributed by atoms with van der Waals surface area (Å²) in [5.41, 5.74) is 22.7. The minimum Gasteiger partial charge on any atom is -0.0622 e. The quantitative estimate of drug-likeness (QED) is 0.0998. The minimum atomic E-state index is 1.23. The first kappa shape index (κ1) is 77.2. The van der Waals surface area contributed by atoms with Crippen LogP contribution in [0, 0.1) is 0 Å². The Balaban J connectivity index is 0.000000106. The third-order valence-electron chi connectivity index (χ3n) is 27.7. The number of rotatable bonds is 9. The lowest BCUT2D eigenvalue weighted by molar-refractivity contribution is 1.64. The van der Waals surface area contributed by atoms with Crippen molar-refractivity contribution in [2.45, 2.75) is 0 Å². The second-order valence-electron chi connectivity index (χ2n) is 35.0. The standard InChI is InChI=1S/3C44H28/c1-2-11-29(12-3-1)32-23-21-31-14-10-20-41(42(31)28-32)44-39-18-8-6-16-37(39)43(38-17-7-9-19-40(38)44)34-25-26-36-33(27-34)24-22-30-13-4-5-15-35(30)36;1-2-11-29(12-3-1)33-25-23-31-14-10-20-40(42(31)27-33)44-38-18-8-6-16-36(38)43(37-17-7-9-19-39(37)44)34-26-24-32-22-21-30-13-4-5-15-35(30)41(32)28-34;1-2-13-29(14-3-1)31-26-25-30-16-12-24-40(41(30)27-31)43-36-20-8-10-22-38(36)44(39-23-11-9-21-37(39)43)42-28-32-15-4-5-17-33(32)34-18-6-7-19-35(34)42/h3*1-28H. The molecule has 0 saturated carbocycles. The van der Waals surface area contributed by atoms with Gasteiger partial charge >= 0.3 is 0 Å². The van der Waals surface area contributed by atoms with Crippen molar-refractivity contribution >= 4 is 162 Å². The Bertz CT molecular complexity index is 9140. The van der Waals surface area contributed by atoms with Crippen LogP contribution in [0.3, 0.4) is 0 Å². The van der Waals surface area contributed by atoms with Gasteiger partial charge in [0.2, 0.25) is 0 Å². The Morgan fingerprint density at radius 1 is 0.0758 bits per heavy atom. The molecule has 0 fully saturated rings. The molecule has 0 amide bonds. The average molecular weight is 1670 g/mol. The Morgan fingerprint density at radius 3 is 0.659 bits per heavy atom. The maximum absolute atomic E-state index is 2.40. The summed E-state index contributed by atoms with van der Waals surface area (Å²) in [7, 11) is 0. The van der Waals surface area contributed by atoms with Gasteiger partial charge in [-0.1, -0.05) is 473 Å². The fourth-order valence-corrected chi connectivity index (χ4v) is 21.7. The van der Waals surface area contributed by atoms with Crippen molar-refractivity contribution in [2.75, 3.05) is 0 Å². The average Bonchev–Trinajstić information content (AvgIpc) is 0.728. The molecule has 0 heteroatoms. The van der Waals surface area contributed by atoms with Crippen molar-refractivity contribution in [3.05, 3.63) is 510 Å². The molecule has 0 spiro atoms. The predicted molar refractivity (Wildman–Crippen MR) is 571 cm³/mol.